The fourth-order valence-electron chi connectivity index (χ4n) is 3.42. The SMILES string of the molecule is CCN1CCN(c2cc(-c3n[nH]c4ccc(OC(C)C)cc34)ncn2)CC1=O. The molecule has 0 radical (unpaired) electrons. The molecule has 0 atom stereocenters. The molecule has 3 heterocycles. The van der Waals surface area contributed by atoms with Gasteiger partial charge in [0.15, 0.2) is 0 Å². The van der Waals surface area contributed by atoms with Crippen molar-refractivity contribution in [3.8, 4) is 17.1 Å². The predicted molar refractivity (Wildman–Crippen MR) is 107 cm³/mol. The van der Waals surface area contributed by atoms with Gasteiger partial charge in [0.05, 0.1) is 23.9 Å². The molecule has 1 aliphatic rings. The summed E-state index contributed by atoms with van der Waals surface area (Å²) >= 11 is 0. The summed E-state index contributed by atoms with van der Waals surface area (Å²) in [4.78, 5) is 24.9. The third-order valence-electron chi connectivity index (χ3n) is 4.83. The first kappa shape index (κ1) is 18.2. The van der Waals surface area contributed by atoms with Gasteiger partial charge in [0.2, 0.25) is 5.91 Å². The van der Waals surface area contributed by atoms with Crippen LogP contribution < -0.4 is 9.64 Å². The third-order valence-corrected chi connectivity index (χ3v) is 4.83. The Hall–Kier alpha value is -3.16. The Kier molecular flexibility index (Phi) is 4.85. The summed E-state index contributed by atoms with van der Waals surface area (Å²) in [5.74, 6) is 1.65. The largest absolute Gasteiger partial charge is 0.491 e. The maximum atomic E-state index is 12.2. The number of benzene rings is 1. The average molecular weight is 380 g/mol. The van der Waals surface area contributed by atoms with Crippen LogP contribution in [0.1, 0.15) is 20.8 Å². The fourth-order valence-corrected chi connectivity index (χ4v) is 3.42. The highest BCUT2D eigenvalue weighted by atomic mass is 16.5. The molecule has 1 aromatic carbocycles. The van der Waals surface area contributed by atoms with E-state index in [-0.39, 0.29) is 12.0 Å². The van der Waals surface area contributed by atoms with Gasteiger partial charge >= 0.3 is 0 Å². The number of carbonyl (C=O) groups excluding carboxylic acids is 1. The Balaban J connectivity index is 1.65. The van der Waals surface area contributed by atoms with Crippen molar-refractivity contribution in [1.82, 2.24) is 25.1 Å². The summed E-state index contributed by atoms with van der Waals surface area (Å²) in [5, 5.41) is 8.43. The first-order valence-electron chi connectivity index (χ1n) is 9.55. The number of fused-ring (bicyclic) bond motifs is 1. The molecule has 0 bridgehead atoms. The Morgan fingerprint density at radius 2 is 2.07 bits per heavy atom. The van der Waals surface area contributed by atoms with E-state index in [2.05, 4.69) is 20.2 Å². The molecule has 2 aromatic heterocycles. The number of aromatic nitrogens is 4. The minimum Gasteiger partial charge on any atom is -0.491 e. The number of ether oxygens (including phenoxy) is 1. The van der Waals surface area contributed by atoms with Crippen LogP contribution in [0.25, 0.3) is 22.3 Å². The monoisotopic (exact) mass is 380 g/mol. The highest BCUT2D eigenvalue weighted by molar-refractivity contribution is 5.93. The Labute approximate surface area is 163 Å². The number of likely N-dealkylation sites (N-methyl/N-ethyl adjacent to an activating group) is 1. The van der Waals surface area contributed by atoms with Gasteiger partial charge in [0, 0.05) is 31.1 Å². The zero-order chi connectivity index (χ0) is 19.7. The van der Waals surface area contributed by atoms with Crippen molar-refractivity contribution in [1.29, 1.82) is 0 Å². The molecule has 1 fully saturated rings. The first-order chi connectivity index (χ1) is 13.5. The smallest absolute Gasteiger partial charge is 0.242 e. The molecule has 28 heavy (non-hydrogen) atoms. The van der Waals surface area contributed by atoms with Gasteiger partial charge in [0.25, 0.3) is 0 Å². The van der Waals surface area contributed by atoms with Crippen LogP contribution in [-0.2, 0) is 4.79 Å². The number of aromatic amines is 1. The highest BCUT2D eigenvalue weighted by Gasteiger charge is 2.24. The summed E-state index contributed by atoms with van der Waals surface area (Å²) < 4.78 is 5.81. The van der Waals surface area contributed by atoms with E-state index >= 15 is 0 Å². The van der Waals surface area contributed by atoms with E-state index in [1.807, 2.05) is 54.8 Å². The molecule has 0 spiro atoms. The number of anilines is 1. The van der Waals surface area contributed by atoms with Gasteiger partial charge in [-0.1, -0.05) is 0 Å². The van der Waals surface area contributed by atoms with Crippen LogP contribution in [0.15, 0.2) is 30.6 Å². The summed E-state index contributed by atoms with van der Waals surface area (Å²) in [7, 11) is 0. The molecule has 0 aliphatic carbocycles. The Morgan fingerprint density at radius 3 is 2.82 bits per heavy atom. The minimum absolute atomic E-state index is 0.0952. The van der Waals surface area contributed by atoms with Crippen molar-refractivity contribution in [2.24, 2.45) is 0 Å². The van der Waals surface area contributed by atoms with E-state index in [1.165, 1.54) is 6.33 Å². The summed E-state index contributed by atoms with van der Waals surface area (Å²) in [6, 6.07) is 7.74. The second-order valence-corrected chi connectivity index (χ2v) is 7.10. The van der Waals surface area contributed by atoms with Crippen LogP contribution in [0.3, 0.4) is 0 Å². The number of carbonyl (C=O) groups is 1. The van der Waals surface area contributed by atoms with Crippen LogP contribution in [0.5, 0.6) is 5.75 Å². The molecule has 146 valence electrons. The number of hydrogen-bond donors (Lipinski definition) is 1. The second-order valence-electron chi connectivity index (χ2n) is 7.10. The Bertz CT molecular complexity index is 999. The van der Waals surface area contributed by atoms with Crippen molar-refractivity contribution in [2.75, 3.05) is 31.1 Å². The van der Waals surface area contributed by atoms with Gasteiger partial charge in [-0.05, 0) is 39.0 Å². The van der Waals surface area contributed by atoms with Gasteiger partial charge in [0.1, 0.15) is 23.6 Å². The molecule has 3 aromatic rings. The van der Waals surface area contributed by atoms with Crippen LogP contribution in [0.4, 0.5) is 5.82 Å². The molecule has 1 amide bonds. The molecule has 4 rings (SSSR count). The number of rotatable bonds is 5. The summed E-state index contributed by atoms with van der Waals surface area (Å²) in [6.45, 7) is 8.52. The number of hydrogen-bond acceptors (Lipinski definition) is 6. The van der Waals surface area contributed by atoms with E-state index in [9.17, 15) is 4.79 Å². The van der Waals surface area contributed by atoms with Gasteiger partial charge in [-0.15, -0.1) is 0 Å². The average Bonchev–Trinajstić information content (AvgIpc) is 3.11. The molecule has 0 saturated carbocycles. The van der Waals surface area contributed by atoms with Crippen molar-refractivity contribution < 1.29 is 9.53 Å². The topological polar surface area (TPSA) is 87.2 Å². The van der Waals surface area contributed by atoms with Crippen LogP contribution >= 0.6 is 0 Å². The highest BCUT2D eigenvalue weighted by Crippen LogP contribution is 2.30. The van der Waals surface area contributed by atoms with E-state index < -0.39 is 0 Å². The number of nitrogens with one attached hydrogen (secondary N) is 1. The molecule has 1 saturated heterocycles. The lowest BCUT2D eigenvalue weighted by Crippen LogP contribution is -2.50. The van der Waals surface area contributed by atoms with Crippen molar-refractivity contribution in [3.05, 3.63) is 30.6 Å². The number of nitrogens with zero attached hydrogens (tertiary/aromatic N) is 5. The van der Waals surface area contributed by atoms with E-state index in [0.29, 0.717) is 18.8 Å². The van der Waals surface area contributed by atoms with Crippen molar-refractivity contribution in [2.45, 2.75) is 26.9 Å². The van der Waals surface area contributed by atoms with Gasteiger partial charge < -0.3 is 14.5 Å². The minimum atomic E-state index is 0.0952. The van der Waals surface area contributed by atoms with Gasteiger partial charge in [-0.3, -0.25) is 9.89 Å². The van der Waals surface area contributed by atoms with E-state index in [1.54, 1.807) is 0 Å². The molecular weight excluding hydrogens is 356 g/mol. The van der Waals surface area contributed by atoms with Crippen LogP contribution in [-0.4, -0.2) is 63.3 Å². The van der Waals surface area contributed by atoms with E-state index in [4.69, 9.17) is 4.74 Å². The predicted octanol–water partition coefficient (Wildman–Crippen LogP) is 2.48. The molecule has 8 heteroatoms. The van der Waals surface area contributed by atoms with Crippen LogP contribution in [0.2, 0.25) is 0 Å². The fraction of sp³-hybridized carbons (Fsp3) is 0.400. The molecule has 1 aliphatic heterocycles. The normalized spacial score (nSPS) is 14.9. The number of H-pyrrole nitrogens is 1. The zero-order valence-corrected chi connectivity index (χ0v) is 16.3. The number of piperazine rings is 1. The maximum absolute atomic E-state index is 12.2. The van der Waals surface area contributed by atoms with Gasteiger partial charge in [-0.25, -0.2) is 9.97 Å². The van der Waals surface area contributed by atoms with E-state index in [0.717, 1.165) is 41.3 Å². The lowest BCUT2D eigenvalue weighted by Gasteiger charge is -2.34. The molecule has 1 N–H and O–H groups in total. The maximum Gasteiger partial charge on any atom is 0.242 e. The summed E-state index contributed by atoms with van der Waals surface area (Å²) in [6.07, 6.45) is 1.62. The first-order valence-corrected chi connectivity index (χ1v) is 9.55. The van der Waals surface area contributed by atoms with Crippen molar-refractivity contribution >= 4 is 22.6 Å². The molecule has 0 unspecified atom stereocenters. The summed E-state index contributed by atoms with van der Waals surface area (Å²) in [5.41, 5.74) is 2.37. The second kappa shape index (κ2) is 7.46. The molecule has 8 nitrogen and oxygen atoms in total. The quantitative estimate of drug-likeness (QED) is 0.732. The third kappa shape index (κ3) is 3.49. The van der Waals surface area contributed by atoms with Gasteiger partial charge in [-0.2, -0.15) is 5.10 Å². The molecular formula is C20H24N6O2. The number of amides is 1. The standard InChI is InChI=1S/C20H24N6O2/c1-4-25-7-8-26(11-19(25)27)18-10-17(21-12-22-18)20-15-9-14(28-13(2)3)5-6-16(15)23-24-20/h5-6,9-10,12-13H,4,7-8,11H2,1-3H3,(H,23,24). The van der Waals surface area contributed by atoms with Crippen molar-refractivity contribution in [3.63, 3.8) is 0 Å². The Morgan fingerprint density at radius 1 is 1.21 bits per heavy atom. The van der Waals surface area contributed by atoms with Crippen LogP contribution in [0, 0.1) is 0 Å². The zero-order valence-electron chi connectivity index (χ0n) is 16.3. The lowest BCUT2D eigenvalue weighted by atomic mass is 10.1. The lowest BCUT2D eigenvalue weighted by molar-refractivity contribution is -0.130.